The molecule has 1 saturated heterocycles. The molecule has 3 aromatic heterocycles. The van der Waals surface area contributed by atoms with Crippen molar-refractivity contribution in [2.24, 2.45) is 5.92 Å². The molecule has 3 atom stereocenters. The van der Waals surface area contributed by atoms with Crippen LogP contribution in [0.3, 0.4) is 0 Å². The van der Waals surface area contributed by atoms with Gasteiger partial charge in [-0.3, -0.25) is 9.59 Å². The number of carbonyl (C=O) groups is 2. The molecule has 6 nitrogen and oxygen atoms in total. The predicted octanol–water partition coefficient (Wildman–Crippen LogP) is 5.08. The summed E-state index contributed by atoms with van der Waals surface area (Å²) in [6.07, 6.45) is 5.94. The molecule has 1 aliphatic carbocycles. The number of hydrogen-bond acceptors (Lipinski definition) is 5. The summed E-state index contributed by atoms with van der Waals surface area (Å²) in [7, 11) is 0. The SMILES string of the molecule is Cc1cccc(-c2sc(C)nc2C(=O)N2[C@H](CNC(=O)c3c(C)cn4ccsc34)C[C@@H]3C[C@@H]32)c1. The standard InChI is InChI=1S/C26H26N4O2S2/c1-14-5-4-6-17(9-14)23-22(28-16(3)34-23)25(32)30-19(10-18-11-20(18)30)12-27-24(31)21-15(2)13-29-7-8-33-26(21)29/h4-9,13,18-20H,10-12H2,1-3H3,(H,27,31)/t18-,19+,20+/m1/s1. The maximum absolute atomic E-state index is 13.8. The molecule has 1 saturated carbocycles. The highest BCUT2D eigenvalue weighted by Gasteiger charge is 2.54. The van der Waals surface area contributed by atoms with Gasteiger partial charge in [-0.1, -0.05) is 29.8 Å². The molecule has 8 heteroatoms. The third-order valence-electron chi connectivity index (χ3n) is 6.96. The predicted molar refractivity (Wildman–Crippen MR) is 136 cm³/mol. The Morgan fingerprint density at radius 1 is 1.21 bits per heavy atom. The Morgan fingerprint density at radius 3 is 2.88 bits per heavy atom. The first-order chi connectivity index (χ1) is 16.4. The monoisotopic (exact) mass is 490 g/mol. The van der Waals surface area contributed by atoms with Crippen molar-refractivity contribution in [2.45, 2.75) is 45.7 Å². The van der Waals surface area contributed by atoms with Crippen LogP contribution in [0.5, 0.6) is 0 Å². The smallest absolute Gasteiger partial charge is 0.274 e. The fraction of sp³-hybridized carbons (Fsp3) is 0.346. The summed E-state index contributed by atoms with van der Waals surface area (Å²) in [5.74, 6) is 0.458. The summed E-state index contributed by atoms with van der Waals surface area (Å²) in [6.45, 7) is 6.44. The molecule has 2 amide bonds. The molecule has 4 aromatic rings. The van der Waals surface area contributed by atoms with Crippen molar-refractivity contribution in [3.05, 3.63) is 69.4 Å². The van der Waals surface area contributed by atoms with Crippen LogP contribution < -0.4 is 5.32 Å². The number of hydrogen-bond donors (Lipinski definition) is 1. The number of carbonyl (C=O) groups excluding carboxylic acids is 2. The van der Waals surface area contributed by atoms with Gasteiger partial charge >= 0.3 is 0 Å². The largest absolute Gasteiger partial charge is 0.350 e. The number of thiazole rings is 2. The second-order valence-corrected chi connectivity index (χ2v) is 11.6. The van der Waals surface area contributed by atoms with Crippen LogP contribution in [-0.4, -0.2) is 44.7 Å². The number of piperidine rings is 1. The van der Waals surface area contributed by atoms with Crippen LogP contribution >= 0.6 is 22.7 Å². The van der Waals surface area contributed by atoms with Gasteiger partial charge in [0.25, 0.3) is 11.8 Å². The third-order valence-corrected chi connectivity index (χ3v) is 8.88. The summed E-state index contributed by atoms with van der Waals surface area (Å²) in [6, 6.07) is 8.49. The number of nitrogens with one attached hydrogen (secondary N) is 1. The molecule has 4 heterocycles. The van der Waals surface area contributed by atoms with Gasteiger partial charge in [0.05, 0.1) is 21.5 Å². The highest BCUT2D eigenvalue weighted by atomic mass is 32.1. The van der Waals surface area contributed by atoms with E-state index in [0.29, 0.717) is 18.2 Å². The lowest BCUT2D eigenvalue weighted by Crippen LogP contribution is -2.45. The minimum absolute atomic E-state index is 0.00527. The number of likely N-dealkylation sites (tertiary alicyclic amines) is 1. The maximum atomic E-state index is 13.8. The van der Waals surface area contributed by atoms with Crippen molar-refractivity contribution in [2.75, 3.05) is 6.54 Å². The van der Waals surface area contributed by atoms with Gasteiger partial charge in [-0.2, -0.15) is 0 Å². The topological polar surface area (TPSA) is 66.7 Å². The van der Waals surface area contributed by atoms with Crippen molar-refractivity contribution >= 4 is 39.3 Å². The molecule has 174 valence electrons. The number of rotatable bonds is 5. The van der Waals surface area contributed by atoms with Crippen LogP contribution in [0.25, 0.3) is 15.3 Å². The highest BCUT2D eigenvalue weighted by Crippen LogP contribution is 2.48. The van der Waals surface area contributed by atoms with E-state index in [1.807, 2.05) is 53.1 Å². The number of benzene rings is 1. The molecule has 2 aliphatic rings. The van der Waals surface area contributed by atoms with E-state index < -0.39 is 0 Å². The van der Waals surface area contributed by atoms with Crippen molar-refractivity contribution in [1.29, 1.82) is 0 Å². The molecule has 1 aromatic carbocycles. The zero-order valence-corrected chi connectivity index (χ0v) is 21.0. The molecule has 1 aliphatic heterocycles. The minimum Gasteiger partial charge on any atom is -0.350 e. The van der Waals surface area contributed by atoms with Crippen molar-refractivity contribution in [1.82, 2.24) is 19.6 Å². The molecule has 6 rings (SSSR count). The zero-order chi connectivity index (χ0) is 23.6. The summed E-state index contributed by atoms with van der Waals surface area (Å²) in [4.78, 5) is 35.4. The number of fused-ring (bicyclic) bond motifs is 2. The van der Waals surface area contributed by atoms with Crippen molar-refractivity contribution in [3.63, 3.8) is 0 Å². The van der Waals surface area contributed by atoms with Gasteiger partial charge in [-0.15, -0.1) is 22.7 Å². The molecular weight excluding hydrogens is 464 g/mol. The second-order valence-electron chi connectivity index (χ2n) is 9.46. The normalized spacial score (nSPS) is 21.1. The Morgan fingerprint density at radius 2 is 2.06 bits per heavy atom. The van der Waals surface area contributed by atoms with Crippen molar-refractivity contribution < 1.29 is 9.59 Å². The first-order valence-corrected chi connectivity index (χ1v) is 13.3. The average Bonchev–Trinajstić information content (AvgIpc) is 3.16. The third kappa shape index (κ3) is 3.56. The van der Waals surface area contributed by atoms with E-state index in [0.717, 1.165) is 49.8 Å². The van der Waals surface area contributed by atoms with E-state index in [9.17, 15) is 9.59 Å². The summed E-state index contributed by atoms with van der Waals surface area (Å²) in [5.41, 5.74) is 4.43. The highest BCUT2D eigenvalue weighted by molar-refractivity contribution is 7.16. The van der Waals surface area contributed by atoms with Crippen LogP contribution in [0, 0.1) is 26.7 Å². The Balaban J connectivity index is 1.24. The maximum Gasteiger partial charge on any atom is 0.274 e. The molecule has 0 spiro atoms. The lowest BCUT2D eigenvalue weighted by Gasteiger charge is -2.27. The molecule has 0 radical (unpaired) electrons. The molecule has 1 N–H and O–H groups in total. The van der Waals surface area contributed by atoms with E-state index in [1.165, 1.54) is 0 Å². The fourth-order valence-corrected chi connectivity index (χ4v) is 7.16. The lowest BCUT2D eigenvalue weighted by molar-refractivity contribution is 0.0684. The lowest BCUT2D eigenvalue weighted by atomic mass is 10.1. The number of amides is 2. The Bertz CT molecular complexity index is 1430. The average molecular weight is 491 g/mol. The van der Waals surface area contributed by atoms with Gasteiger partial charge in [0.15, 0.2) is 0 Å². The number of nitrogens with zero attached hydrogens (tertiary/aromatic N) is 3. The van der Waals surface area contributed by atoms with E-state index in [1.54, 1.807) is 22.7 Å². The first-order valence-electron chi connectivity index (χ1n) is 11.6. The van der Waals surface area contributed by atoms with Gasteiger partial charge in [0, 0.05) is 30.4 Å². The van der Waals surface area contributed by atoms with Crippen LogP contribution in [0.15, 0.2) is 42.0 Å². The second kappa shape index (κ2) is 8.06. The van der Waals surface area contributed by atoms with Gasteiger partial charge < -0.3 is 14.6 Å². The quantitative estimate of drug-likeness (QED) is 0.424. The zero-order valence-electron chi connectivity index (χ0n) is 19.4. The number of aryl methyl sites for hydroxylation is 3. The van der Waals surface area contributed by atoms with E-state index in [4.69, 9.17) is 0 Å². The Labute approximate surface area is 206 Å². The van der Waals surface area contributed by atoms with Gasteiger partial charge in [-0.25, -0.2) is 4.98 Å². The van der Waals surface area contributed by atoms with E-state index >= 15 is 0 Å². The molecule has 0 bridgehead atoms. The first kappa shape index (κ1) is 21.6. The van der Waals surface area contributed by atoms with Crippen LogP contribution in [0.4, 0.5) is 0 Å². The fourth-order valence-electron chi connectivity index (χ4n) is 5.33. The molecule has 34 heavy (non-hydrogen) atoms. The van der Waals surface area contributed by atoms with E-state index in [-0.39, 0.29) is 23.9 Å². The van der Waals surface area contributed by atoms with E-state index in [2.05, 4.69) is 29.4 Å². The number of aromatic nitrogens is 2. The molecule has 2 fully saturated rings. The molecular formula is C26H26N4O2S2. The van der Waals surface area contributed by atoms with Crippen LogP contribution in [0.1, 0.15) is 49.8 Å². The Hall–Kier alpha value is -2.97. The van der Waals surface area contributed by atoms with Crippen LogP contribution in [0.2, 0.25) is 0 Å². The van der Waals surface area contributed by atoms with Crippen LogP contribution in [-0.2, 0) is 0 Å². The summed E-state index contributed by atoms with van der Waals surface area (Å²) < 4.78 is 1.99. The summed E-state index contributed by atoms with van der Waals surface area (Å²) in [5, 5.41) is 6.00. The van der Waals surface area contributed by atoms with Gasteiger partial charge in [-0.05, 0) is 50.7 Å². The van der Waals surface area contributed by atoms with Gasteiger partial charge in [0.2, 0.25) is 0 Å². The molecule has 0 unspecified atom stereocenters. The summed E-state index contributed by atoms with van der Waals surface area (Å²) >= 11 is 3.13. The van der Waals surface area contributed by atoms with Crippen molar-refractivity contribution in [3.8, 4) is 10.4 Å². The Kier molecular flexibility index (Phi) is 5.11. The minimum atomic E-state index is -0.0691. The van der Waals surface area contributed by atoms with Gasteiger partial charge in [0.1, 0.15) is 10.5 Å².